The molecule has 0 radical (unpaired) electrons. The molecule has 0 N–H and O–H groups in total. The molecule has 0 aromatic carbocycles. The lowest BCUT2D eigenvalue weighted by Crippen LogP contribution is -1.86. The molecule has 0 aliphatic carbocycles. The molecule has 0 saturated carbocycles. The summed E-state index contributed by atoms with van der Waals surface area (Å²) in [6, 6.07) is 0. The van der Waals surface area contributed by atoms with Crippen LogP contribution in [0.15, 0.2) is 23.7 Å². The predicted octanol–water partition coefficient (Wildman–Crippen LogP) is 4.41. The molecule has 0 heterocycles. The topological polar surface area (TPSA) is 9.23 Å². The van der Waals surface area contributed by atoms with Gasteiger partial charge in [-0.1, -0.05) is 26.7 Å². The van der Waals surface area contributed by atoms with Crippen LogP contribution in [0.4, 0.5) is 0 Å². The van der Waals surface area contributed by atoms with E-state index >= 15 is 0 Å². The Labute approximate surface area is 82.5 Å². The molecule has 1 heteroatoms. The summed E-state index contributed by atoms with van der Waals surface area (Å²) in [4.78, 5) is 0. The minimum atomic E-state index is 1.02. The Morgan fingerprint density at radius 1 is 0.923 bits per heavy atom. The average Bonchev–Trinajstić information content (AvgIpc) is 2.11. The molecule has 0 saturated heterocycles. The first-order valence-corrected chi connectivity index (χ1v) is 5.22. The maximum absolute atomic E-state index is 5.58. The maximum Gasteiger partial charge on any atom is 0.0965 e. The Balaban J connectivity index is 3.82. The van der Waals surface area contributed by atoms with Crippen LogP contribution in [0.2, 0.25) is 0 Å². The van der Waals surface area contributed by atoms with E-state index in [1.165, 1.54) is 12.8 Å². The van der Waals surface area contributed by atoms with Gasteiger partial charge in [-0.05, 0) is 38.8 Å². The van der Waals surface area contributed by atoms with Crippen molar-refractivity contribution in [3.63, 3.8) is 0 Å². The van der Waals surface area contributed by atoms with Crippen molar-refractivity contribution in [3.8, 4) is 0 Å². The molecule has 0 aromatic rings. The van der Waals surface area contributed by atoms with Crippen molar-refractivity contribution in [2.75, 3.05) is 0 Å². The highest BCUT2D eigenvalue weighted by Crippen LogP contribution is 2.08. The second-order valence-corrected chi connectivity index (χ2v) is 3.31. The van der Waals surface area contributed by atoms with Crippen molar-refractivity contribution in [2.24, 2.45) is 0 Å². The van der Waals surface area contributed by atoms with Gasteiger partial charge in [-0.2, -0.15) is 0 Å². The van der Waals surface area contributed by atoms with Crippen LogP contribution in [0.3, 0.4) is 0 Å². The highest BCUT2D eigenvalue weighted by atomic mass is 16.5. The summed E-state index contributed by atoms with van der Waals surface area (Å²) in [6.07, 6.45) is 8.85. The van der Waals surface area contributed by atoms with E-state index in [2.05, 4.69) is 26.0 Å². The van der Waals surface area contributed by atoms with Crippen molar-refractivity contribution in [2.45, 2.75) is 53.4 Å². The lowest BCUT2D eigenvalue weighted by Gasteiger charge is -2.05. The molecule has 1 nitrogen and oxygen atoms in total. The molecule has 76 valence electrons. The summed E-state index contributed by atoms with van der Waals surface area (Å²) in [5, 5.41) is 0. The Kier molecular flexibility index (Phi) is 7.47. The van der Waals surface area contributed by atoms with Gasteiger partial charge in [0.25, 0.3) is 0 Å². The quantitative estimate of drug-likeness (QED) is 0.553. The monoisotopic (exact) mass is 182 g/mol. The second-order valence-electron chi connectivity index (χ2n) is 3.31. The highest BCUT2D eigenvalue weighted by Gasteiger charge is 1.91. The Bertz CT molecular complexity index is 158. The van der Waals surface area contributed by atoms with Gasteiger partial charge >= 0.3 is 0 Å². The highest BCUT2D eigenvalue weighted by molar-refractivity contribution is 4.97. The van der Waals surface area contributed by atoms with Gasteiger partial charge < -0.3 is 4.74 Å². The Morgan fingerprint density at radius 3 is 1.62 bits per heavy atom. The minimum absolute atomic E-state index is 1.02. The summed E-state index contributed by atoms with van der Waals surface area (Å²) in [7, 11) is 0. The van der Waals surface area contributed by atoms with Crippen LogP contribution in [0.5, 0.6) is 0 Å². The van der Waals surface area contributed by atoms with E-state index in [0.29, 0.717) is 0 Å². The number of unbranched alkanes of at least 4 members (excludes halogenated alkanes) is 2. The first-order chi connectivity index (χ1) is 6.20. The third-order valence-corrected chi connectivity index (χ3v) is 1.76. The SMILES string of the molecule is CCCC=C(C)OC(C)=CCCC. The molecular formula is C12H22O. The van der Waals surface area contributed by atoms with Crippen LogP contribution >= 0.6 is 0 Å². The first-order valence-electron chi connectivity index (χ1n) is 5.22. The van der Waals surface area contributed by atoms with Crippen molar-refractivity contribution >= 4 is 0 Å². The second kappa shape index (κ2) is 7.90. The van der Waals surface area contributed by atoms with Crippen molar-refractivity contribution in [1.82, 2.24) is 0 Å². The zero-order chi connectivity index (χ0) is 10.1. The fourth-order valence-corrected chi connectivity index (χ4v) is 1.03. The summed E-state index contributed by atoms with van der Waals surface area (Å²) >= 11 is 0. The molecule has 0 unspecified atom stereocenters. The molecule has 0 rings (SSSR count). The molecule has 13 heavy (non-hydrogen) atoms. The third-order valence-electron chi connectivity index (χ3n) is 1.76. The van der Waals surface area contributed by atoms with E-state index in [1.54, 1.807) is 0 Å². The number of ether oxygens (including phenoxy) is 1. The van der Waals surface area contributed by atoms with E-state index in [1.807, 2.05) is 13.8 Å². The van der Waals surface area contributed by atoms with Gasteiger partial charge in [0.1, 0.15) is 0 Å². The van der Waals surface area contributed by atoms with Gasteiger partial charge in [0.15, 0.2) is 0 Å². The molecule has 0 fully saturated rings. The lowest BCUT2D eigenvalue weighted by atomic mass is 10.3. The lowest BCUT2D eigenvalue weighted by molar-refractivity contribution is 0.305. The zero-order valence-electron chi connectivity index (χ0n) is 9.39. The fraction of sp³-hybridized carbons (Fsp3) is 0.667. The summed E-state index contributed by atoms with van der Waals surface area (Å²) < 4.78 is 5.58. The Morgan fingerprint density at radius 2 is 1.31 bits per heavy atom. The fourth-order valence-electron chi connectivity index (χ4n) is 1.03. The number of allylic oxidation sites excluding steroid dienone is 4. The molecule has 0 aromatic heterocycles. The molecule has 0 spiro atoms. The van der Waals surface area contributed by atoms with Crippen molar-refractivity contribution in [1.29, 1.82) is 0 Å². The number of hydrogen-bond acceptors (Lipinski definition) is 1. The van der Waals surface area contributed by atoms with Crippen LogP contribution in [0.1, 0.15) is 53.4 Å². The van der Waals surface area contributed by atoms with E-state index < -0.39 is 0 Å². The molecule has 0 bridgehead atoms. The largest absolute Gasteiger partial charge is 0.467 e. The molecule has 0 aliphatic rings. The molecular weight excluding hydrogens is 160 g/mol. The first kappa shape index (κ1) is 12.3. The van der Waals surface area contributed by atoms with Gasteiger partial charge in [0.05, 0.1) is 11.5 Å². The third kappa shape index (κ3) is 7.63. The number of hydrogen-bond donors (Lipinski definition) is 0. The van der Waals surface area contributed by atoms with Gasteiger partial charge in [0, 0.05) is 0 Å². The minimum Gasteiger partial charge on any atom is -0.467 e. The number of rotatable bonds is 6. The molecule has 0 atom stereocenters. The molecule has 0 amide bonds. The van der Waals surface area contributed by atoms with Gasteiger partial charge in [-0.15, -0.1) is 0 Å². The van der Waals surface area contributed by atoms with Gasteiger partial charge in [-0.3, -0.25) is 0 Å². The molecule has 0 aliphatic heterocycles. The predicted molar refractivity (Wildman–Crippen MR) is 58.4 cm³/mol. The van der Waals surface area contributed by atoms with E-state index in [9.17, 15) is 0 Å². The van der Waals surface area contributed by atoms with Crippen molar-refractivity contribution < 1.29 is 4.74 Å². The van der Waals surface area contributed by atoms with Crippen LogP contribution in [-0.4, -0.2) is 0 Å². The van der Waals surface area contributed by atoms with Crippen LogP contribution in [-0.2, 0) is 4.74 Å². The Hall–Kier alpha value is -0.720. The maximum atomic E-state index is 5.58. The summed E-state index contributed by atoms with van der Waals surface area (Å²) in [6.45, 7) is 8.37. The van der Waals surface area contributed by atoms with Gasteiger partial charge in [-0.25, -0.2) is 0 Å². The zero-order valence-corrected chi connectivity index (χ0v) is 9.39. The van der Waals surface area contributed by atoms with Crippen LogP contribution in [0, 0.1) is 0 Å². The average molecular weight is 182 g/mol. The summed E-state index contributed by atoms with van der Waals surface area (Å²) in [5.41, 5.74) is 0. The van der Waals surface area contributed by atoms with E-state index in [-0.39, 0.29) is 0 Å². The standard InChI is InChI=1S/C12H22O/c1-5-7-9-11(3)13-12(4)10-8-6-2/h9-10H,5-8H2,1-4H3. The van der Waals surface area contributed by atoms with Crippen LogP contribution < -0.4 is 0 Å². The van der Waals surface area contributed by atoms with Gasteiger partial charge in [0.2, 0.25) is 0 Å². The smallest absolute Gasteiger partial charge is 0.0965 e. The van der Waals surface area contributed by atoms with E-state index in [0.717, 1.165) is 24.4 Å². The summed E-state index contributed by atoms with van der Waals surface area (Å²) in [5.74, 6) is 2.04. The van der Waals surface area contributed by atoms with Crippen LogP contribution in [0.25, 0.3) is 0 Å². The normalized spacial score (nSPS) is 13.2. The van der Waals surface area contributed by atoms with Crippen molar-refractivity contribution in [3.05, 3.63) is 23.7 Å². The van der Waals surface area contributed by atoms with E-state index in [4.69, 9.17) is 4.74 Å².